The van der Waals surface area contributed by atoms with Crippen molar-refractivity contribution in [2.24, 2.45) is 5.73 Å². The minimum atomic E-state index is -1.06. The Hall–Kier alpha value is -2.71. The Labute approximate surface area is 150 Å². The molecular weight excluding hydrogens is 348 g/mol. The van der Waals surface area contributed by atoms with Gasteiger partial charge in [-0.1, -0.05) is 6.07 Å². The summed E-state index contributed by atoms with van der Waals surface area (Å²) in [6, 6.07) is 6.83. The summed E-state index contributed by atoms with van der Waals surface area (Å²) >= 11 is 0. The molecule has 0 aliphatic carbocycles. The normalized spacial score (nSPS) is 13.0. The quantitative estimate of drug-likeness (QED) is 0.825. The summed E-state index contributed by atoms with van der Waals surface area (Å²) in [4.78, 5) is 32.4. The molecule has 0 bridgehead atoms. The number of halogens is 1. The highest BCUT2D eigenvalue weighted by Gasteiger charge is 2.28. The van der Waals surface area contributed by atoms with E-state index in [1.54, 1.807) is 24.3 Å². The highest BCUT2D eigenvalue weighted by atomic mass is 35.5. The number of carboxylic acids is 1. The van der Waals surface area contributed by atoms with Gasteiger partial charge in [0.2, 0.25) is 11.8 Å². The van der Waals surface area contributed by atoms with Gasteiger partial charge in [0.15, 0.2) is 0 Å². The first-order valence-corrected chi connectivity index (χ1v) is 7.41. The Morgan fingerprint density at radius 1 is 1.32 bits per heavy atom. The molecule has 1 aliphatic rings. The third-order valence-corrected chi connectivity index (χ3v) is 3.70. The van der Waals surface area contributed by atoms with Gasteiger partial charge in [0.25, 0.3) is 0 Å². The van der Waals surface area contributed by atoms with E-state index in [0.717, 1.165) is 5.56 Å². The van der Waals surface area contributed by atoms with Crippen LogP contribution in [0.1, 0.15) is 17.7 Å². The van der Waals surface area contributed by atoms with Crippen LogP contribution in [0.3, 0.4) is 0 Å². The van der Waals surface area contributed by atoms with E-state index in [9.17, 15) is 9.59 Å². The molecule has 2 heterocycles. The number of aliphatic carboxylic acids is 1. The van der Waals surface area contributed by atoms with Gasteiger partial charge in [-0.25, -0.2) is 9.97 Å². The monoisotopic (exact) mass is 364 g/mol. The Kier molecular flexibility index (Phi) is 5.89. The van der Waals surface area contributed by atoms with Gasteiger partial charge in [-0.15, -0.1) is 12.4 Å². The van der Waals surface area contributed by atoms with Crippen molar-refractivity contribution in [3.8, 4) is 11.6 Å². The molecule has 0 saturated carbocycles. The van der Waals surface area contributed by atoms with Gasteiger partial charge < -0.3 is 20.5 Å². The van der Waals surface area contributed by atoms with E-state index in [1.165, 1.54) is 11.2 Å². The first-order chi connectivity index (χ1) is 11.6. The summed E-state index contributed by atoms with van der Waals surface area (Å²) in [5, 5.41) is 9.02. The van der Waals surface area contributed by atoms with Crippen LogP contribution in [-0.4, -0.2) is 33.5 Å². The molecule has 2 aromatic rings. The Balaban J connectivity index is 0.00000225. The molecule has 0 radical (unpaired) electrons. The second-order valence-electron chi connectivity index (χ2n) is 5.28. The number of nitrogens with two attached hydrogens (primary N) is 1. The number of hydrogen-bond donors (Lipinski definition) is 2. The zero-order chi connectivity index (χ0) is 17.1. The number of anilines is 1. The van der Waals surface area contributed by atoms with Crippen molar-refractivity contribution < 1.29 is 19.4 Å². The minimum Gasteiger partial charge on any atom is -0.480 e. The zero-order valence-electron chi connectivity index (χ0n) is 13.2. The number of carbonyl (C=O) groups is 2. The first kappa shape index (κ1) is 18.6. The molecule has 3 N–H and O–H groups in total. The molecule has 132 valence electrons. The lowest BCUT2D eigenvalue weighted by molar-refractivity contribution is -0.136. The van der Waals surface area contributed by atoms with Gasteiger partial charge in [-0.3, -0.25) is 9.59 Å². The lowest BCUT2D eigenvalue weighted by atomic mass is 10.00. The van der Waals surface area contributed by atoms with E-state index in [0.29, 0.717) is 29.4 Å². The fraction of sp³-hybridized carbons (Fsp3) is 0.250. The van der Waals surface area contributed by atoms with Crippen molar-refractivity contribution >= 4 is 30.0 Å². The molecule has 0 unspecified atom stereocenters. The maximum Gasteiger partial charge on any atom is 0.323 e. The fourth-order valence-corrected chi connectivity index (χ4v) is 2.62. The van der Waals surface area contributed by atoms with Gasteiger partial charge in [0, 0.05) is 24.6 Å². The van der Waals surface area contributed by atoms with Crippen LogP contribution >= 0.6 is 12.4 Å². The van der Waals surface area contributed by atoms with Crippen LogP contribution in [0.15, 0.2) is 30.6 Å². The molecule has 8 nitrogen and oxygen atoms in total. The number of hydrogen-bond acceptors (Lipinski definition) is 6. The lowest BCUT2D eigenvalue weighted by Crippen LogP contribution is -2.39. The van der Waals surface area contributed by atoms with E-state index in [-0.39, 0.29) is 37.8 Å². The lowest BCUT2D eigenvalue weighted by Gasteiger charge is -2.29. The van der Waals surface area contributed by atoms with Gasteiger partial charge in [0.1, 0.15) is 18.6 Å². The third kappa shape index (κ3) is 4.04. The van der Waals surface area contributed by atoms with Gasteiger partial charge in [-0.2, -0.15) is 0 Å². The predicted molar refractivity (Wildman–Crippen MR) is 92.0 cm³/mol. The Morgan fingerprint density at radius 3 is 2.84 bits per heavy atom. The summed E-state index contributed by atoms with van der Waals surface area (Å²) in [5.41, 5.74) is 7.54. The van der Waals surface area contributed by atoms with Gasteiger partial charge >= 0.3 is 5.97 Å². The minimum absolute atomic E-state index is 0. The Morgan fingerprint density at radius 2 is 2.12 bits per heavy atom. The van der Waals surface area contributed by atoms with Crippen LogP contribution in [-0.2, 0) is 22.6 Å². The number of amides is 1. The van der Waals surface area contributed by atoms with Crippen LogP contribution in [0, 0.1) is 0 Å². The molecular formula is C16H17ClN4O4. The van der Waals surface area contributed by atoms with Crippen LogP contribution in [0.4, 0.5) is 5.69 Å². The van der Waals surface area contributed by atoms with Crippen molar-refractivity contribution in [3.05, 3.63) is 41.9 Å². The molecule has 1 aromatic carbocycles. The van der Waals surface area contributed by atoms with Crippen molar-refractivity contribution in [1.82, 2.24) is 9.97 Å². The summed E-state index contributed by atoms with van der Waals surface area (Å²) in [7, 11) is 0. The SMILES string of the molecule is Cl.NCc1cc(Oc2cccc3c2CCC(=O)N3CC(=O)O)ncn1. The van der Waals surface area contributed by atoms with Crippen LogP contribution in [0.25, 0.3) is 0 Å². The van der Waals surface area contributed by atoms with E-state index >= 15 is 0 Å². The van der Waals surface area contributed by atoms with Crippen molar-refractivity contribution in [2.45, 2.75) is 19.4 Å². The third-order valence-electron chi connectivity index (χ3n) is 3.70. The molecule has 25 heavy (non-hydrogen) atoms. The summed E-state index contributed by atoms with van der Waals surface area (Å²) in [6.07, 6.45) is 2.08. The highest BCUT2D eigenvalue weighted by molar-refractivity contribution is 6.00. The van der Waals surface area contributed by atoms with E-state index in [4.69, 9.17) is 15.6 Å². The predicted octanol–water partition coefficient (Wildman–Crippen LogP) is 1.51. The average Bonchev–Trinajstić information content (AvgIpc) is 2.57. The second-order valence-corrected chi connectivity index (χ2v) is 5.28. The second kappa shape index (κ2) is 7.91. The number of rotatable bonds is 5. The molecule has 1 amide bonds. The molecule has 9 heteroatoms. The summed E-state index contributed by atoms with van der Waals surface area (Å²) < 4.78 is 5.82. The number of benzene rings is 1. The molecule has 1 aliphatic heterocycles. The largest absolute Gasteiger partial charge is 0.480 e. The number of carboxylic acid groups (broad SMARTS) is 1. The fourth-order valence-electron chi connectivity index (χ4n) is 2.62. The molecule has 1 aromatic heterocycles. The maximum absolute atomic E-state index is 12.0. The molecule has 3 rings (SSSR count). The number of nitrogens with zero attached hydrogens (tertiary/aromatic N) is 3. The maximum atomic E-state index is 12.0. The zero-order valence-corrected chi connectivity index (χ0v) is 14.0. The van der Waals surface area contributed by atoms with E-state index in [1.807, 2.05) is 0 Å². The highest BCUT2D eigenvalue weighted by Crippen LogP contribution is 2.36. The smallest absolute Gasteiger partial charge is 0.323 e. The van der Waals surface area contributed by atoms with Gasteiger partial charge in [0.05, 0.1) is 11.4 Å². The topological polar surface area (TPSA) is 119 Å². The summed E-state index contributed by atoms with van der Waals surface area (Å²) in [5.74, 6) is -0.391. The van der Waals surface area contributed by atoms with Crippen molar-refractivity contribution in [3.63, 3.8) is 0 Å². The number of fused-ring (bicyclic) bond motifs is 1. The van der Waals surface area contributed by atoms with Crippen molar-refractivity contribution in [1.29, 1.82) is 0 Å². The van der Waals surface area contributed by atoms with E-state index < -0.39 is 5.97 Å². The number of ether oxygens (including phenoxy) is 1. The number of carbonyl (C=O) groups excluding carboxylic acids is 1. The Bertz CT molecular complexity index is 799. The van der Waals surface area contributed by atoms with Crippen molar-refractivity contribution in [2.75, 3.05) is 11.4 Å². The molecule has 0 atom stereocenters. The van der Waals surface area contributed by atoms with Crippen LogP contribution in [0.2, 0.25) is 0 Å². The molecule has 0 fully saturated rings. The molecule has 0 saturated heterocycles. The standard InChI is InChI=1S/C16H16N4O4.ClH/c17-7-10-6-14(19-9-18-10)24-13-3-1-2-12-11(13)4-5-15(21)20(12)8-16(22)23;/h1-3,6,9H,4-5,7-8,17H2,(H,22,23);1H. The average molecular weight is 365 g/mol. The summed E-state index contributed by atoms with van der Waals surface area (Å²) in [6.45, 7) is -0.104. The number of aromatic nitrogens is 2. The molecule has 0 spiro atoms. The van der Waals surface area contributed by atoms with Crippen LogP contribution < -0.4 is 15.4 Å². The first-order valence-electron chi connectivity index (χ1n) is 7.41. The van der Waals surface area contributed by atoms with E-state index in [2.05, 4.69) is 9.97 Å². The van der Waals surface area contributed by atoms with Crippen LogP contribution in [0.5, 0.6) is 11.6 Å². The van der Waals surface area contributed by atoms with Gasteiger partial charge in [-0.05, 0) is 18.6 Å².